The molecule has 52 valence electrons. The second-order valence-corrected chi connectivity index (χ2v) is 2.05. The zero-order valence-corrected chi connectivity index (χ0v) is 5.23. The van der Waals surface area contributed by atoms with Gasteiger partial charge in [0.1, 0.15) is 0 Å². The van der Waals surface area contributed by atoms with E-state index in [9.17, 15) is 0 Å². The van der Waals surface area contributed by atoms with Crippen LogP contribution in [0.4, 0.5) is 5.95 Å². The number of anilines is 1. The Morgan fingerprint density at radius 1 is 1.40 bits per heavy atom. The summed E-state index contributed by atoms with van der Waals surface area (Å²) in [6.45, 7) is 0. The minimum Gasteiger partial charge on any atom is -0.369 e. The van der Waals surface area contributed by atoms with Crippen molar-refractivity contribution in [3.63, 3.8) is 0 Å². The highest BCUT2D eigenvalue weighted by molar-refractivity contribution is 5.45. The zero-order chi connectivity index (χ0) is 7.14. The molecule has 2 rings (SSSR count). The minimum atomic E-state index is 0.458. The molecule has 5 heteroatoms. The second-order valence-electron chi connectivity index (χ2n) is 2.05. The van der Waals surface area contributed by atoms with E-state index in [4.69, 9.17) is 11.6 Å². The minimum absolute atomic E-state index is 0.458. The first-order chi connectivity index (χ1) is 4.79. The summed E-state index contributed by atoms with van der Waals surface area (Å²) >= 11 is 0. The van der Waals surface area contributed by atoms with Crippen LogP contribution in [0.3, 0.4) is 0 Å². The maximum atomic E-state index is 5.49. The highest BCUT2D eigenvalue weighted by atomic mass is 15.3. The smallest absolute Gasteiger partial charge is 0.206 e. The number of hydrogen-bond acceptors (Lipinski definition) is 3. The molecule has 10 heavy (non-hydrogen) atoms. The van der Waals surface area contributed by atoms with E-state index in [2.05, 4.69) is 4.98 Å². The summed E-state index contributed by atoms with van der Waals surface area (Å²) in [5.74, 6) is 5.95. The number of nitrogens with zero attached hydrogens (tertiary/aromatic N) is 3. The molecular formula is C5H7N5. The van der Waals surface area contributed by atoms with Crippen molar-refractivity contribution in [3.8, 4) is 0 Å². The molecular weight excluding hydrogens is 130 g/mol. The van der Waals surface area contributed by atoms with E-state index in [1.165, 1.54) is 4.68 Å². The van der Waals surface area contributed by atoms with Gasteiger partial charge >= 0.3 is 0 Å². The molecule has 0 aliphatic rings. The molecule has 4 N–H and O–H groups in total. The fraction of sp³-hybridized carbons (Fsp3) is 0. The predicted octanol–water partition coefficient (Wildman–Crippen LogP) is -0.568. The molecule has 0 aliphatic heterocycles. The first-order valence-electron chi connectivity index (χ1n) is 2.84. The van der Waals surface area contributed by atoms with Crippen LogP contribution in [-0.2, 0) is 0 Å². The number of imidazole rings is 2. The topological polar surface area (TPSA) is 74.3 Å². The Hall–Kier alpha value is -1.65. The molecule has 0 aromatic carbocycles. The lowest BCUT2D eigenvalue weighted by Gasteiger charge is -1.87. The first kappa shape index (κ1) is 5.16. The summed E-state index contributed by atoms with van der Waals surface area (Å²) < 4.78 is 3.17. The van der Waals surface area contributed by atoms with Gasteiger partial charge in [0, 0.05) is 12.4 Å². The summed E-state index contributed by atoms with van der Waals surface area (Å²) in [6, 6.07) is 0. The van der Waals surface area contributed by atoms with Crippen LogP contribution >= 0.6 is 0 Å². The van der Waals surface area contributed by atoms with E-state index in [0.717, 1.165) is 5.65 Å². The van der Waals surface area contributed by atoms with Crippen LogP contribution in [0, 0.1) is 0 Å². The third kappa shape index (κ3) is 0.439. The Labute approximate surface area is 56.8 Å². The van der Waals surface area contributed by atoms with Gasteiger partial charge in [0.2, 0.25) is 5.95 Å². The van der Waals surface area contributed by atoms with Gasteiger partial charge in [0.25, 0.3) is 0 Å². The maximum Gasteiger partial charge on any atom is 0.206 e. The summed E-state index contributed by atoms with van der Waals surface area (Å²) in [4.78, 5) is 3.86. The van der Waals surface area contributed by atoms with Crippen LogP contribution < -0.4 is 11.6 Å². The Kier molecular flexibility index (Phi) is 0.743. The third-order valence-electron chi connectivity index (χ3n) is 1.45. The van der Waals surface area contributed by atoms with Crippen LogP contribution in [0.5, 0.6) is 0 Å². The Balaban J connectivity index is 2.95. The summed E-state index contributed by atoms with van der Waals surface area (Å²) in [5, 5.41) is 0. The standard InChI is InChI=1S/C5H7N5/c6-5-8-3-4-9(5)1-2-10(4)7/h1-3H,7H2,(H2,6,8). The van der Waals surface area contributed by atoms with E-state index >= 15 is 0 Å². The van der Waals surface area contributed by atoms with E-state index < -0.39 is 0 Å². The number of hydrogen-bond donors (Lipinski definition) is 2. The molecule has 0 saturated heterocycles. The van der Waals surface area contributed by atoms with Gasteiger partial charge in [-0.3, -0.25) is 9.08 Å². The van der Waals surface area contributed by atoms with Crippen LogP contribution in [-0.4, -0.2) is 14.1 Å². The van der Waals surface area contributed by atoms with Gasteiger partial charge in [-0.2, -0.15) is 0 Å². The Morgan fingerprint density at radius 2 is 2.20 bits per heavy atom. The lowest BCUT2D eigenvalue weighted by Crippen LogP contribution is -2.05. The van der Waals surface area contributed by atoms with Gasteiger partial charge in [-0.1, -0.05) is 0 Å². The second kappa shape index (κ2) is 1.44. The molecule has 2 aromatic rings. The molecule has 0 spiro atoms. The van der Waals surface area contributed by atoms with Crippen molar-refractivity contribution >= 4 is 11.6 Å². The van der Waals surface area contributed by atoms with Crippen molar-refractivity contribution in [1.29, 1.82) is 0 Å². The fourth-order valence-corrected chi connectivity index (χ4v) is 0.924. The van der Waals surface area contributed by atoms with Crippen molar-refractivity contribution in [1.82, 2.24) is 14.1 Å². The van der Waals surface area contributed by atoms with Crippen molar-refractivity contribution in [2.24, 2.45) is 0 Å². The van der Waals surface area contributed by atoms with E-state index in [0.29, 0.717) is 5.95 Å². The quantitative estimate of drug-likeness (QED) is 0.477. The number of aromatic nitrogens is 3. The van der Waals surface area contributed by atoms with Crippen molar-refractivity contribution < 1.29 is 0 Å². The molecule has 2 aromatic heterocycles. The molecule has 0 saturated carbocycles. The van der Waals surface area contributed by atoms with Crippen LogP contribution in [0.2, 0.25) is 0 Å². The number of fused-ring (bicyclic) bond motifs is 1. The van der Waals surface area contributed by atoms with Crippen molar-refractivity contribution in [2.45, 2.75) is 0 Å². The normalized spacial score (nSPS) is 10.8. The summed E-state index contributed by atoms with van der Waals surface area (Å²) in [5.41, 5.74) is 6.26. The van der Waals surface area contributed by atoms with Gasteiger partial charge in [-0.15, -0.1) is 0 Å². The van der Waals surface area contributed by atoms with E-state index in [1.54, 1.807) is 23.0 Å². The Morgan fingerprint density at radius 3 is 2.90 bits per heavy atom. The van der Waals surface area contributed by atoms with Crippen LogP contribution in [0.1, 0.15) is 0 Å². The lowest BCUT2D eigenvalue weighted by atomic mass is 10.8. The molecule has 0 atom stereocenters. The van der Waals surface area contributed by atoms with Crippen molar-refractivity contribution in [2.75, 3.05) is 11.6 Å². The molecule has 0 aliphatic carbocycles. The van der Waals surface area contributed by atoms with Crippen LogP contribution in [0.15, 0.2) is 18.6 Å². The molecule has 5 nitrogen and oxygen atoms in total. The van der Waals surface area contributed by atoms with Gasteiger partial charge in [0.15, 0.2) is 5.65 Å². The molecule has 2 heterocycles. The van der Waals surface area contributed by atoms with E-state index in [1.807, 2.05) is 0 Å². The van der Waals surface area contributed by atoms with E-state index in [-0.39, 0.29) is 0 Å². The highest BCUT2D eigenvalue weighted by Gasteiger charge is 2.00. The summed E-state index contributed by atoms with van der Waals surface area (Å²) in [7, 11) is 0. The number of nitrogens with two attached hydrogens (primary N) is 2. The number of nitrogen functional groups attached to an aromatic ring is 2. The summed E-state index contributed by atoms with van der Waals surface area (Å²) in [6.07, 6.45) is 5.10. The average molecular weight is 137 g/mol. The zero-order valence-electron chi connectivity index (χ0n) is 5.23. The number of rotatable bonds is 0. The molecule has 0 bridgehead atoms. The Bertz CT molecular complexity index is 321. The maximum absolute atomic E-state index is 5.49. The largest absolute Gasteiger partial charge is 0.369 e. The fourth-order valence-electron chi connectivity index (χ4n) is 0.924. The van der Waals surface area contributed by atoms with Gasteiger partial charge in [0.05, 0.1) is 6.20 Å². The monoisotopic (exact) mass is 137 g/mol. The van der Waals surface area contributed by atoms with Crippen LogP contribution in [0.25, 0.3) is 5.65 Å². The third-order valence-corrected chi connectivity index (χ3v) is 1.45. The SMILES string of the molecule is Nc1ncc2n(N)ccn12. The molecule has 0 unspecified atom stereocenters. The average Bonchev–Trinajstić information content (AvgIpc) is 2.41. The lowest BCUT2D eigenvalue weighted by molar-refractivity contribution is 1.05. The molecule has 0 radical (unpaired) electrons. The van der Waals surface area contributed by atoms with Gasteiger partial charge in [-0.05, 0) is 0 Å². The van der Waals surface area contributed by atoms with Gasteiger partial charge in [-0.25, -0.2) is 4.98 Å². The van der Waals surface area contributed by atoms with Crippen molar-refractivity contribution in [3.05, 3.63) is 18.6 Å². The highest BCUT2D eigenvalue weighted by Crippen LogP contribution is 2.05. The molecule has 0 amide bonds. The first-order valence-corrected chi connectivity index (χ1v) is 2.84. The predicted molar refractivity (Wildman–Crippen MR) is 37.7 cm³/mol. The van der Waals surface area contributed by atoms with Gasteiger partial charge < -0.3 is 11.6 Å². The molecule has 0 fully saturated rings.